The Labute approximate surface area is 190 Å². The third-order valence-electron chi connectivity index (χ3n) is 4.28. The van der Waals surface area contributed by atoms with E-state index >= 15 is 0 Å². The van der Waals surface area contributed by atoms with Gasteiger partial charge in [-0.05, 0) is 69.7 Å². The summed E-state index contributed by atoms with van der Waals surface area (Å²) in [5, 5.41) is 2.76. The van der Waals surface area contributed by atoms with Crippen LogP contribution in [0.25, 0.3) is 0 Å². The molecule has 0 aliphatic carbocycles. The topological polar surface area (TPSA) is 94.2 Å². The number of benzene rings is 2. The van der Waals surface area contributed by atoms with Crippen LogP contribution < -0.4 is 23.8 Å². The lowest BCUT2D eigenvalue weighted by molar-refractivity contribution is -0.119. The number of sulfonamides is 1. The van der Waals surface area contributed by atoms with Crippen LogP contribution in [0.15, 0.2) is 42.5 Å². The number of nitrogens with zero attached hydrogens (tertiary/aromatic N) is 1. The molecule has 0 saturated heterocycles. The molecule has 32 heavy (non-hydrogen) atoms. The van der Waals surface area contributed by atoms with Crippen LogP contribution >= 0.6 is 0 Å². The molecule has 2 aromatic carbocycles. The van der Waals surface area contributed by atoms with Crippen molar-refractivity contribution in [2.45, 2.75) is 40.3 Å². The standard InChI is InChI=1S/C23H32N2O6S/c1-6-29-21-13-8-18(14-22(21)30-7-2)15-24-23(26)16-25(32(5,27)28)19-9-11-20(12-10-19)31-17(3)4/h8-14,17H,6-7,15-16H2,1-5H3,(H,24,26). The molecule has 0 fully saturated rings. The molecule has 0 aliphatic heterocycles. The average Bonchev–Trinajstić information content (AvgIpc) is 2.72. The van der Waals surface area contributed by atoms with Gasteiger partial charge in [-0.1, -0.05) is 6.07 Å². The van der Waals surface area contributed by atoms with E-state index < -0.39 is 15.9 Å². The van der Waals surface area contributed by atoms with Crippen molar-refractivity contribution in [3.8, 4) is 17.2 Å². The molecular weight excluding hydrogens is 432 g/mol. The lowest BCUT2D eigenvalue weighted by atomic mass is 10.2. The number of hydrogen-bond donors (Lipinski definition) is 1. The SMILES string of the molecule is CCOc1ccc(CNC(=O)CN(c2ccc(OC(C)C)cc2)S(C)(=O)=O)cc1OCC. The second kappa shape index (κ2) is 11.6. The second-order valence-electron chi connectivity index (χ2n) is 7.35. The zero-order valence-electron chi connectivity index (χ0n) is 19.3. The predicted octanol–water partition coefficient (Wildman–Crippen LogP) is 3.35. The molecule has 2 aromatic rings. The second-order valence-corrected chi connectivity index (χ2v) is 9.26. The van der Waals surface area contributed by atoms with Crippen molar-refractivity contribution >= 4 is 21.6 Å². The summed E-state index contributed by atoms with van der Waals surface area (Å²) < 4.78 is 42.4. The molecule has 1 N–H and O–H groups in total. The largest absolute Gasteiger partial charge is 0.491 e. The highest BCUT2D eigenvalue weighted by atomic mass is 32.2. The van der Waals surface area contributed by atoms with Crippen LogP contribution in [0.1, 0.15) is 33.3 Å². The molecule has 176 valence electrons. The van der Waals surface area contributed by atoms with Crippen molar-refractivity contribution in [3.63, 3.8) is 0 Å². The van der Waals surface area contributed by atoms with Gasteiger partial charge >= 0.3 is 0 Å². The molecule has 0 spiro atoms. The van der Waals surface area contributed by atoms with Crippen LogP contribution in [0, 0.1) is 0 Å². The summed E-state index contributed by atoms with van der Waals surface area (Å²) in [6.45, 7) is 8.48. The van der Waals surface area contributed by atoms with E-state index in [9.17, 15) is 13.2 Å². The highest BCUT2D eigenvalue weighted by Crippen LogP contribution is 2.28. The third-order valence-corrected chi connectivity index (χ3v) is 5.42. The number of ether oxygens (including phenoxy) is 3. The first-order valence-electron chi connectivity index (χ1n) is 10.5. The first kappa shape index (κ1) is 25.3. The first-order valence-corrected chi connectivity index (χ1v) is 12.4. The Balaban J connectivity index is 2.07. The summed E-state index contributed by atoms with van der Waals surface area (Å²) in [5.74, 6) is 1.44. The molecule has 0 saturated carbocycles. The van der Waals surface area contributed by atoms with Crippen molar-refractivity contribution in [1.82, 2.24) is 5.32 Å². The quantitative estimate of drug-likeness (QED) is 0.518. The van der Waals surface area contributed by atoms with Crippen LogP contribution in [-0.4, -0.2) is 46.4 Å². The zero-order chi connectivity index (χ0) is 23.7. The number of anilines is 1. The maximum Gasteiger partial charge on any atom is 0.241 e. The number of nitrogens with one attached hydrogen (secondary N) is 1. The first-order chi connectivity index (χ1) is 15.1. The fourth-order valence-corrected chi connectivity index (χ4v) is 3.81. The van der Waals surface area contributed by atoms with Crippen molar-refractivity contribution in [1.29, 1.82) is 0 Å². The van der Waals surface area contributed by atoms with Gasteiger partial charge in [0.2, 0.25) is 15.9 Å². The average molecular weight is 465 g/mol. The molecule has 1 amide bonds. The van der Waals surface area contributed by atoms with Crippen LogP contribution in [0.5, 0.6) is 17.2 Å². The Morgan fingerprint density at radius 2 is 1.62 bits per heavy atom. The maximum absolute atomic E-state index is 12.5. The van der Waals surface area contributed by atoms with Crippen molar-refractivity contribution < 1.29 is 27.4 Å². The van der Waals surface area contributed by atoms with Crippen molar-refractivity contribution in [3.05, 3.63) is 48.0 Å². The summed E-state index contributed by atoms with van der Waals surface area (Å²) in [4.78, 5) is 12.5. The van der Waals surface area contributed by atoms with E-state index in [1.54, 1.807) is 36.4 Å². The molecule has 0 radical (unpaired) electrons. The van der Waals surface area contributed by atoms with E-state index in [0.717, 1.165) is 16.1 Å². The van der Waals surface area contributed by atoms with Gasteiger partial charge < -0.3 is 19.5 Å². The molecule has 2 rings (SSSR count). The van der Waals surface area contributed by atoms with Gasteiger partial charge in [0.05, 0.1) is 31.3 Å². The van der Waals surface area contributed by atoms with E-state index in [0.29, 0.717) is 36.1 Å². The van der Waals surface area contributed by atoms with Crippen LogP contribution in [-0.2, 0) is 21.4 Å². The predicted molar refractivity (Wildman–Crippen MR) is 125 cm³/mol. The summed E-state index contributed by atoms with van der Waals surface area (Å²) >= 11 is 0. The van der Waals surface area contributed by atoms with Crippen molar-refractivity contribution in [2.24, 2.45) is 0 Å². The minimum Gasteiger partial charge on any atom is -0.491 e. The minimum atomic E-state index is -3.66. The van der Waals surface area contributed by atoms with Gasteiger partial charge in [0.15, 0.2) is 11.5 Å². The van der Waals surface area contributed by atoms with Gasteiger partial charge in [0, 0.05) is 6.54 Å². The molecule has 9 heteroatoms. The molecule has 0 aliphatic rings. The van der Waals surface area contributed by atoms with E-state index in [-0.39, 0.29) is 19.2 Å². The number of amides is 1. The molecular formula is C23H32N2O6S. The Morgan fingerprint density at radius 1 is 1.00 bits per heavy atom. The van der Waals surface area contributed by atoms with Crippen molar-refractivity contribution in [2.75, 3.05) is 30.3 Å². The fourth-order valence-electron chi connectivity index (χ4n) is 2.96. The van der Waals surface area contributed by atoms with E-state index in [1.165, 1.54) is 0 Å². The van der Waals surface area contributed by atoms with Crippen LogP contribution in [0.2, 0.25) is 0 Å². The van der Waals surface area contributed by atoms with Gasteiger partial charge in [0.25, 0.3) is 0 Å². The zero-order valence-corrected chi connectivity index (χ0v) is 20.1. The summed E-state index contributed by atoms with van der Waals surface area (Å²) in [5.41, 5.74) is 1.20. The Hall–Kier alpha value is -2.94. The van der Waals surface area contributed by atoms with Gasteiger partial charge in [0.1, 0.15) is 12.3 Å². The number of hydrogen-bond acceptors (Lipinski definition) is 6. The Kier molecular flexibility index (Phi) is 9.19. The molecule has 8 nitrogen and oxygen atoms in total. The van der Waals surface area contributed by atoms with Gasteiger partial charge in [-0.25, -0.2) is 8.42 Å². The molecule has 0 aromatic heterocycles. The van der Waals surface area contributed by atoms with Gasteiger partial charge in [-0.3, -0.25) is 9.10 Å². The van der Waals surface area contributed by atoms with E-state index in [1.807, 2.05) is 33.8 Å². The Bertz CT molecular complexity index is 990. The minimum absolute atomic E-state index is 0.00322. The number of rotatable bonds is 12. The monoisotopic (exact) mass is 464 g/mol. The van der Waals surface area contributed by atoms with Crippen LogP contribution in [0.3, 0.4) is 0 Å². The molecule has 0 unspecified atom stereocenters. The number of carbonyl (C=O) groups is 1. The lowest BCUT2D eigenvalue weighted by Crippen LogP contribution is -2.40. The van der Waals surface area contributed by atoms with Gasteiger partial charge in [-0.15, -0.1) is 0 Å². The van der Waals surface area contributed by atoms with E-state index in [4.69, 9.17) is 14.2 Å². The van der Waals surface area contributed by atoms with E-state index in [2.05, 4.69) is 5.32 Å². The van der Waals surface area contributed by atoms with Gasteiger partial charge in [-0.2, -0.15) is 0 Å². The summed E-state index contributed by atoms with van der Waals surface area (Å²) in [6.07, 6.45) is 1.07. The fraction of sp³-hybridized carbons (Fsp3) is 0.435. The molecule has 0 bridgehead atoms. The molecule has 0 atom stereocenters. The smallest absolute Gasteiger partial charge is 0.241 e. The summed E-state index contributed by atoms with van der Waals surface area (Å²) in [6, 6.07) is 12.0. The Morgan fingerprint density at radius 3 is 2.19 bits per heavy atom. The number of carbonyl (C=O) groups excluding carboxylic acids is 1. The maximum atomic E-state index is 12.5. The lowest BCUT2D eigenvalue weighted by Gasteiger charge is -2.22. The normalized spacial score (nSPS) is 11.2. The third kappa shape index (κ3) is 7.64. The highest BCUT2D eigenvalue weighted by Gasteiger charge is 2.21. The highest BCUT2D eigenvalue weighted by molar-refractivity contribution is 7.92. The van der Waals surface area contributed by atoms with Crippen LogP contribution in [0.4, 0.5) is 5.69 Å². The molecule has 0 heterocycles. The summed E-state index contributed by atoms with van der Waals surface area (Å²) in [7, 11) is -3.66.